The molecule has 0 fully saturated rings. The van der Waals surface area contributed by atoms with Crippen LogP contribution < -0.4 is 14.8 Å². The average molecular weight is 326 g/mol. The van der Waals surface area contributed by atoms with Gasteiger partial charge < -0.3 is 14.8 Å². The summed E-state index contributed by atoms with van der Waals surface area (Å²) >= 11 is 12.2. The topological polar surface area (TPSA) is 30.5 Å². The van der Waals surface area contributed by atoms with Crippen LogP contribution in [0.15, 0.2) is 36.4 Å². The Hall–Kier alpha value is -1.58. The Bertz CT molecular complexity index is 617. The van der Waals surface area contributed by atoms with Gasteiger partial charge in [0.2, 0.25) is 0 Å². The fraction of sp³-hybridized carbons (Fsp3) is 0.250. The van der Waals surface area contributed by atoms with Crippen LogP contribution in [0.4, 0.5) is 5.69 Å². The highest BCUT2D eigenvalue weighted by molar-refractivity contribution is 6.32. The molecule has 1 N–H and O–H groups in total. The molecule has 112 valence electrons. The molecule has 2 rings (SSSR count). The Morgan fingerprint density at radius 1 is 1.05 bits per heavy atom. The van der Waals surface area contributed by atoms with Gasteiger partial charge in [-0.2, -0.15) is 0 Å². The third-order valence-electron chi connectivity index (χ3n) is 2.96. The van der Waals surface area contributed by atoms with Crippen LogP contribution in [0, 0.1) is 0 Å². The van der Waals surface area contributed by atoms with E-state index in [9.17, 15) is 0 Å². The van der Waals surface area contributed by atoms with E-state index < -0.39 is 0 Å². The highest BCUT2D eigenvalue weighted by Gasteiger charge is 2.06. The van der Waals surface area contributed by atoms with Gasteiger partial charge in [0.25, 0.3) is 0 Å². The predicted molar refractivity (Wildman–Crippen MR) is 88.0 cm³/mol. The Labute approximate surface area is 134 Å². The highest BCUT2D eigenvalue weighted by Crippen LogP contribution is 2.29. The van der Waals surface area contributed by atoms with Gasteiger partial charge in [0.15, 0.2) is 0 Å². The molecule has 5 heteroatoms. The first kappa shape index (κ1) is 15.8. The average Bonchev–Trinajstić information content (AvgIpc) is 2.48. The molecule has 0 heterocycles. The van der Waals surface area contributed by atoms with E-state index in [1.54, 1.807) is 13.2 Å². The lowest BCUT2D eigenvalue weighted by molar-refractivity contribution is 0.340. The van der Waals surface area contributed by atoms with E-state index in [0.717, 1.165) is 17.0 Å². The molecule has 2 aromatic rings. The Morgan fingerprint density at radius 3 is 2.48 bits per heavy atom. The van der Waals surface area contributed by atoms with Crippen molar-refractivity contribution in [3.05, 3.63) is 52.0 Å². The number of ether oxygens (including phenoxy) is 2. The molecule has 0 aliphatic carbocycles. The van der Waals surface area contributed by atoms with E-state index in [1.165, 1.54) is 0 Å². The van der Waals surface area contributed by atoms with Gasteiger partial charge in [-0.15, -0.1) is 0 Å². The van der Waals surface area contributed by atoms with E-state index in [-0.39, 0.29) is 0 Å². The minimum Gasteiger partial charge on any atom is -0.496 e. The second kappa shape index (κ2) is 7.43. The number of hydrogen-bond donors (Lipinski definition) is 1. The van der Waals surface area contributed by atoms with Crippen molar-refractivity contribution in [1.29, 1.82) is 0 Å². The molecule has 0 amide bonds. The van der Waals surface area contributed by atoms with Gasteiger partial charge >= 0.3 is 0 Å². The Balaban J connectivity index is 2.09. The second-order valence-electron chi connectivity index (χ2n) is 4.39. The van der Waals surface area contributed by atoms with Crippen LogP contribution in [0.1, 0.15) is 12.5 Å². The van der Waals surface area contributed by atoms with E-state index in [2.05, 4.69) is 5.32 Å². The van der Waals surface area contributed by atoms with Crippen molar-refractivity contribution in [3.63, 3.8) is 0 Å². The van der Waals surface area contributed by atoms with Crippen molar-refractivity contribution in [2.24, 2.45) is 0 Å². The molecule has 0 aliphatic heterocycles. The summed E-state index contributed by atoms with van der Waals surface area (Å²) in [5.41, 5.74) is 1.89. The van der Waals surface area contributed by atoms with Crippen LogP contribution >= 0.6 is 23.2 Å². The molecule has 0 atom stereocenters. The number of methoxy groups -OCH3 is 1. The summed E-state index contributed by atoms with van der Waals surface area (Å²) in [5.74, 6) is 1.48. The molecule has 2 aromatic carbocycles. The lowest BCUT2D eigenvalue weighted by Crippen LogP contribution is -2.02. The number of hydrogen-bond acceptors (Lipinski definition) is 3. The van der Waals surface area contributed by atoms with Gasteiger partial charge in [-0.1, -0.05) is 23.2 Å². The molecule has 0 radical (unpaired) electrons. The maximum atomic E-state index is 6.16. The Morgan fingerprint density at radius 2 is 1.81 bits per heavy atom. The summed E-state index contributed by atoms with van der Waals surface area (Å²) in [4.78, 5) is 0. The number of halogens is 2. The number of anilines is 1. The molecule has 0 spiro atoms. The summed E-state index contributed by atoms with van der Waals surface area (Å²) in [6, 6.07) is 11.1. The van der Waals surface area contributed by atoms with E-state index in [0.29, 0.717) is 28.9 Å². The molecule has 21 heavy (non-hydrogen) atoms. The monoisotopic (exact) mass is 325 g/mol. The Kier molecular flexibility index (Phi) is 5.59. The number of benzene rings is 2. The van der Waals surface area contributed by atoms with E-state index in [1.807, 2.05) is 37.3 Å². The summed E-state index contributed by atoms with van der Waals surface area (Å²) in [6.07, 6.45) is 0. The first-order chi connectivity index (χ1) is 10.1. The first-order valence-corrected chi connectivity index (χ1v) is 7.38. The molecule has 3 nitrogen and oxygen atoms in total. The zero-order chi connectivity index (χ0) is 15.2. The van der Waals surface area contributed by atoms with Crippen molar-refractivity contribution in [2.75, 3.05) is 19.0 Å². The SMILES string of the molecule is CCOc1ccc(NCc2cc(Cl)ccc2OC)cc1Cl. The molecule has 0 aliphatic rings. The maximum absolute atomic E-state index is 6.16. The molecule has 0 aromatic heterocycles. The van der Waals surface area contributed by atoms with Gasteiger partial charge in [0.05, 0.1) is 18.7 Å². The lowest BCUT2D eigenvalue weighted by atomic mass is 10.2. The third kappa shape index (κ3) is 4.19. The van der Waals surface area contributed by atoms with Gasteiger partial charge in [0, 0.05) is 22.8 Å². The fourth-order valence-corrected chi connectivity index (χ4v) is 2.40. The van der Waals surface area contributed by atoms with E-state index in [4.69, 9.17) is 32.7 Å². The maximum Gasteiger partial charge on any atom is 0.138 e. The number of rotatable bonds is 6. The minimum atomic E-state index is 0.583. The third-order valence-corrected chi connectivity index (χ3v) is 3.49. The molecule has 0 unspecified atom stereocenters. The van der Waals surface area contributed by atoms with Crippen LogP contribution in [0.2, 0.25) is 10.0 Å². The minimum absolute atomic E-state index is 0.583. The molecule has 0 saturated heterocycles. The fourth-order valence-electron chi connectivity index (χ4n) is 1.97. The largest absolute Gasteiger partial charge is 0.496 e. The summed E-state index contributed by atoms with van der Waals surface area (Å²) in [5, 5.41) is 4.56. The van der Waals surface area contributed by atoms with Crippen LogP contribution in [-0.4, -0.2) is 13.7 Å². The lowest BCUT2D eigenvalue weighted by Gasteiger charge is -2.12. The van der Waals surface area contributed by atoms with Gasteiger partial charge in [0.1, 0.15) is 11.5 Å². The normalized spacial score (nSPS) is 10.3. The zero-order valence-corrected chi connectivity index (χ0v) is 13.5. The van der Waals surface area contributed by atoms with Crippen LogP contribution in [-0.2, 0) is 6.54 Å². The van der Waals surface area contributed by atoms with Gasteiger partial charge in [-0.3, -0.25) is 0 Å². The zero-order valence-electron chi connectivity index (χ0n) is 12.0. The van der Waals surface area contributed by atoms with E-state index >= 15 is 0 Å². The van der Waals surface area contributed by atoms with Crippen LogP contribution in [0.25, 0.3) is 0 Å². The molecular formula is C16H17Cl2NO2. The van der Waals surface area contributed by atoms with Crippen LogP contribution in [0.3, 0.4) is 0 Å². The predicted octanol–water partition coefficient (Wildman–Crippen LogP) is 5.01. The summed E-state index contributed by atoms with van der Waals surface area (Å²) in [7, 11) is 1.64. The molecular weight excluding hydrogens is 309 g/mol. The smallest absolute Gasteiger partial charge is 0.138 e. The highest BCUT2D eigenvalue weighted by atomic mass is 35.5. The first-order valence-electron chi connectivity index (χ1n) is 6.62. The molecule has 0 saturated carbocycles. The molecule has 0 bridgehead atoms. The van der Waals surface area contributed by atoms with Crippen molar-refractivity contribution >= 4 is 28.9 Å². The standard InChI is InChI=1S/C16H17Cl2NO2/c1-3-21-16-7-5-13(9-14(16)18)19-10-11-8-12(17)4-6-15(11)20-2/h4-9,19H,3,10H2,1-2H3. The van der Waals surface area contributed by atoms with Gasteiger partial charge in [-0.25, -0.2) is 0 Å². The summed E-state index contributed by atoms with van der Waals surface area (Å²) < 4.78 is 10.7. The van der Waals surface area contributed by atoms with Crippen molar-refractivity contribution in [2.45, 2.75) is 13.5 Å². The van der Waals surface area contributed by atoms with Crippen molar-refractivity contribution in [3.8, 4) is 11.5 Å². The van der Waals surface area contributed by atoms with Crippen molar-refractivity contribution in [1.82, 2.24) is 0 Å². The van der Waals surface area contributed by atoms with Crippen LogP contribution in [0.5, 0.6) is 11.5 Å². The van der Waals surface area contributed by atoms with Gasteiger partial charge in [-0.05, 0) is 43.3 Å². The quantitative estimate of drug-likeness (QED) is 0.809. The second-order valence-corrected chi connectivity index (χ2v) is 5.23. The van der Waals surface area contributed by atoms with Crippen molar-refractivity contribution < 1.29 is 9.47 Å². The number of nitrogens with one attached hydrogen (secondary N) is 1. The summed E-state index contributed by atoms with van der Waals surface area (Å²) in [6.45, 7) is 3.11.